The summed E-state index contributed by atoms with van der Waals surface area (Å²) in [4.78, 5) is 37.5. The zero-order valence-corrected chi connectivity index (χ0v) is 12.4. The first kappa shape index (κ1) is 15.3. The number of nitrogens with one attached hydrogen (secondary N) is 1. The summed E-state index contributed by atoms with van der Waals surface area (Å²) in [5, 5.41) is 3.33. The highest BCUT2D eigenvalue weighted by molar-refractivity contribution is 6.30. The number of carbonyl (C=O) groups excluding carboxylic acids is 3. The summed E-state index contributed by atoms with van der Waals surface area (Å²) in [5.41, 5.74) is 0.664. The van der Waals surface area contributed by atoms with Crippen LogP contribution in [0.2, 0.25) is 5.02 Å². The second-order valence-corrected chi connectivity index (χ2v) is 5.28. The fourth-order valence-electron chi connectivity index (χ4n) is 2.04. The molecule has 0 spiro atoms. The van der Waals surface area contributed by atoms with Gasteiger partial charge in [-0.3, -0.25) is 14.5 Å². The van der Waals surface area contributed by atoms with Gasteiger partial charge in [-0.15, -0.1) is 0 Å². The van der Waals surface area contributed by atoms with Gasteiger partial charge >= 0.3 is 6.03 Å². The van der Waals surface area contributed by atoms with Gasteiger partial charge in [0.2, 0.25) is 11.8 Å². The van der Waals surface area contributed by atoms with Crippen molar-refractivity contribution in [3.8, 4) is 0 Å². The maximum atomic E-state index is 11.8. The fraction of sp³-hybridized carbons (Fsp3) is 0.357. The molecule has 1 heterocycles. The topological polar surface area (TPSA) is 69.7 Å². The highest BCUT2D eigenvalue weighted by atomic mass is 35.5. The molecule has 1 fully saturated rings. The van der Waals surface area contributed by atoms with E-state index in [1.54, 1.807) is 31.3 Å². The number of carbonyl (C=O) groups is 3. The molecule has 0 aliphatic carbocycles. The number of anilines is 1. The molecule has 4 amide bonds. The maximum absolute atomic E-state index is 11.8. The quantitative estimate of drug-likeness (QED) is 0.845. The Labute approximate surface area is 127 Å². The molecule has 0 radical (unpaired) electrons. The van der Waals surface area contributed by atoms with Crippen LogP contribution in [0.5, 0.6) is 0 Å². The fourth-order valence-corrected chi connectivity index (χ4v) is 2.17. The van der Waals surface area contributed by atoms with E-state index in [2.05, 4.69) is 5.32 Å². The van der Waals surface area contributed by atoms with Crippen LogP contribution in [0, 0.1) is 0 Å². The van der Waals surface area contributed by atoms with E-state index in [-0.39, 0.29) is 37.4 Å². The molecule has 1 saturated heterocycles. The van der Waals surface area contributed by atoms with E-state index in [0.717, 1.165) is 0 Å². The zero-order chi connectivity index (χ0) is 15.4. The number of rotatable bonds is 5. The minimum absolute atomic E-state index is 0.107. The van der Waals surface area contributed by atoms with E-state index < -0.39 is 0 Å². The Morgan fingerprint density at radius 3 is 2.52 bits per heavy atom. The van der Waals surface area contributed by atoms with Crippen molar-refractivity contribution in [2.24, 2.45) is 0 Å². The normalized spacial score (nSPS) is 14.8. The van der Waals surface area contributed by atoms with Crippen LogP contribution < -0.4 is 5.32 Å². The minimum atomic E-state index is -0.307. The van der Waals surface area contributed by atoms with Crippen molar-refractivity contribution in [3.63, 3.8) is 0 Å². The molecule has 0 aromatic heterocycles. The highest BCUT2D eigenvalue weighted by Gasteiger charge is 2.32. The first-order valence-corrected chi connectivity index (χ1v) is 6.96. The molecular weight excluding hydrogens is 294 g/mol. The number of likely N-dealkylation sites (N-methyl/N-ethyl adjacent to an activating group) is 1. The molecule has 0 atom stereocenters. The number of imide groups is 1. The Kier molecular flexibility index (Phi) is 4.80. The van der Waals surface area contributed by atoms with Crippen LogP contribution >= 0.6 is 11.6 Å². The van der Waals surface area contributed by atoms with Crippen LogP contribution in [-0.2, 0) is 9.59 Å². The second kappa shape index (κ2) is 6.58. The summed E-state index contributed by atoms with van der Waals surface area (Å²) in [7, 11) is 1.58. The molecule has 1 aliphatic heterocycles. The van der Waals surface area contributed by atoms with Crippen LogP contribution in [-0.4, -0.2) is 47.8 Å². The van der Waals surface area contributed by atoms with Gasteiger partial charge in [0.15, 0.2) is 0 Å². The van der Waals surface area contributed by atoms with Crippen LogP contribution in [0.1, 0.15) is 12.8 Å². The molecule has 21 heavy (non-hydrogen) atoms. The molecule has 1 aromatic carbocycles. The van der Waals surface area contributed by atoms with Gasteiger partial charge in [-0.2, -0.15) is 0 Å². The summed E-state index contributed by atoms with van der Waals surface area (Å²) >= 11 is 5.76. The summed E-state index contributed by atoms with van der Waals surface area (Å²) in [6, 6.07) is 6.49. The standard InChI is InChI=1S/C14H16ClN3O3/c1-17-9-13(20)18(14(17)21)8-2-3-12(19)16-11-6-4-10(15)5-7-11/h4-7H,2-3,8-9H2,1H3,(H,16,19). The first-order valence-electron chi connectivity index (χ1n) is 6.58. The van der Waals surface area contributed by atoms with Gasteiger partial charge in [0.1, 0.15) is 6.54 Å². The van der Waals surface area contributed by atoms with Crippen molar-refractivity contribution in [1.29, 1.82) is 0 Å². The van der Waals surface area contributed by atoms with Crippen LogP contribution in [0.4, 0.5) is 10.5 Å². The Bertz CT molecular complexity index is 559. The molecule has 1 N–H and O–H groups in total. The third-order valence-electron chi connectivity index (χ3n) is 3.14. The third kappa shape index (κ3) is 3.95. The predicted molar refractivity (Wildman–Crippen MR) is 79.1 cm³/mol. The lowest BCUT2D eigenvalue weighted by Crippen LogP contribution is -2.32. The number of halogens is 1. The van der Waals surface area contributed by atoms with Gasteiger partial charge in [0, 0.05) is 30.7 Å². The first-order chi connectivity index (χ1) is 9.97. The monoisotopic (exact) mass is 309 g/mol. The summed E-state index contributed by atoms with van der Waals surface area (Å²) < 4.78 is 0. The lowest BCUT2D eigenvalue weighted by molar-refractivity contribution is -0.125. The van der Waals surface area contributed by atoms with Crippen molar-refractivity contribution in [3.05, 3.63) is 29.3 Å². The molecule has 1 aromatic rings. The lowest BCUT2D eigenvalue weighted by atomic mass is 10.2. The van der Waals surface area contributed by atoms with Crippen molar-refractivity contribution in [2.45, 2.75) is 12.8 Å². The molecule has 112 valence electrons. The second-order valence-electron chi connectivity index (χ2n) is 4.84. The highest BCUT2D eigenvalue weighted by Crippen LogP contribution is 2.14. The number of benzene rings is 1. The molecule has 7 heteroatoms. The molecular formula is C14H16ClN3O3. The number of nitrogens with zero attached hydrogens (tertiary/aromatic N) is 2. The maximum Gasteiger partial charge on any atom is 0.326 e. The predicted octanol–water partition coefficient (Wildman–Crippen LogP) is 1.95. The van der Waals surface area contributed by atoms with E-state index in [4.69, 9.17) is 11.6 Å². The SMILES string of the molecule is CN1CC(=O)N(CCCC(=O)Nc2ccc(Cl)cc2)C1=O. The van der Waals surface area contributed by atoms with Gasteiger partial charge < -0.3 is 10.2 Å². The largest absolute Gasteiger partial charge is 0.326 e. The van der Waals surface area contributed by atoms with E-state index in [0.29, 0.717) is 17.1 Å². The molecule has 2 rings (SSSR count). The number of amides is 4. The van der Waals surface area contributed by atoms with Crippen molar-refractivity contribution in [1.82, 2.24) is 9.80 Å². The van der Waals surface area contributed by atoms with Gasteiger partial charge in [-0.05, 0) is 30.7 Å². The van der Waals surface area contributed by atoms with E-state index in [9.17, 15) is 14.4 Å². The van der Waals surface area contributed by atoms with Crippen LogP contribution in [0.3, 0.4) is 0 Å². The summed E-state index contributed by atoms with van der Waals surface area (Å²) in [6.45, 7) is 0.367. The van der Waals surface area contributed by atoms with Crippen LogP contribution in [0.15, 0.2) is 24.3 Å². The lowest BCUT2D eigenvalue weighted by Gasteiger charge is -2.13. The van der Waals surface area contributed by atoms with Gasteiger partial charge in [-0.1, -0.05) is 11.6 Å². The molecule has 1 aliphatic rings. The van der Waals surface area contributed by atoms with Gasteiger partial charge in [0.05, 0.1) is 0 Å². The number of hydrogen-bond acceptors (Lipinski definition) is 3. The molecule has 0 bridgehead atoms. The Hall–Kier alpha value is -2.08. The van der Waals surface area contributed by atoms with Crippen LogP contribution in [0.25, 0.3) is 0 Å². The van der Waals surface area contributed by atoms with E-state index in [1.807, 2.05) is 0 Å². The molecule has 6 nitrogen and oxygen atoms in total. The smallest absolute Gasteiger partial charge is 0.326 e. The minimum Gasteiger partial charge on any atom is -0.326 e. The summed E-state index contributed by atoms with van der Waals surface area (Å²) in [5.74, 6) is -0.384. The zero-order valence-electron chi connectivity index (χ0n) is 11.6. The number of hydrogen-bond donors (Lipinski definition) is 1. The summed E-state index contributed by atoms with van der Waals surface area (Å²) in [6.07, 6.45) is 0.675. The molecule has 0 unspecified atom stereocenters. The van der Waals surface area contributed by atoms with Crippen molar-refractivity contribution >= 4 is 35.1 Å². The van der Waals surface area contributed by atoms with E-state index in [1.165, 1.54) is 9.80 Å². The average Bonchev–Trinajstić information content (AvgIpc) is 2.68. The van der Waals surface area contributed by atoms with E-state index >= 15 is 0 Å². The van der Waals surface area contributed by atoms with Crippen molar-refractivity contribution in [2.75, 3.05) is 25.5 Å². The van der Waals surface area contributed by atoms with Crippen molar-refractivity contribution < 1.29 is 14.4 Å². The average molecular weight is 310 g/mol. The Balaban J connectivity index is 1.76. The third-order valence-corrected chi connectivity index (χ3v) is 3.40. The number of urea groups is 1. The Morgan fingerprint density at radius 1 is 1.29 bits per heavy atom. The van der Waals surface area contributed by atoms with Gasteiger partial charge in [-0.25, -0.2) is 4.79 Å². The van der Waals surface area contributed by atoms with Gasteiger partial charge in [0.25, 0.3) is 0 Å². The Morgan fingerprint density at radius 2 is 1.95 bits per heavy atom. The molecule has 0 saturated carbocycles.